The van der Waals surface area contributed by atoms with E-state index in [0.717, 1.165) is 46.7 Å². The molecule has 0 amide bonds. The third-order valence-electron chi connectivity index (χ3n) is 4.45. The molecule has 6 heteroatoms. The summed E-state index contributed by atoms with van der Waals surface area (Å²) in [5.74, 6) is 0.735. The molecule has 128 valence electrons. The number of benzene rings is 1. The van der Waals surface area contributed by atoms with Crippen molar-refractivity contribution in [3.8, 4) is 22.7 Å². The van der Waals surface area contributed by atoms with Crippen LogP contribution in [0, 0.1) is 0 Å². The summed E-state index contributed by atoms with van der Waals surface area (Å²) in [5, 5.41) is 14.1. The molecule has 2 heterocycles. The van der Waals surface area contributed by atoms with Crippen molar-refractivity contribution in [2.75, 3.05) is 7.11 Å². The fourth-order valence-electron chi connectivity index (χ4n) is 3.21. The topological polar surface area (TPSA) is 64.4 Å². The minimum atomic E-state index is -0.134. The van der Waals surface area contributed by atoms with E-state index in [1.54, 1.807) is 24.5 Å². The van der Waals surface area contributed by atoms with Gasteiger partial charge in [0.2, 0.25) is 0 Å². The van der Waals surface area contributed by atoms with Crippen LogP contribution in [0.15, 0.2) is 41.2 Å². The van der Waals surface area contributed by atoms with Crippen LogP contribution in [0.25, 0.3) is 16.9 Å². The van der Waals surface area contributed by atoms with Crippen LogP contribution in [0.3, 0.4) is 0 Å². The Labute approximate surface area is 149 Å². The Hall–Kier alpha value is -2.44. The van der Waals surface area contributed by atoms with Gasteiger partial charge in [0, 0.05) is 21.4 Å². The maximum atomic E-state index is 12.6. The highest BCUT2D eigenvalue weighted by Crippen LogP contribution is 2.36. The Bertz CT molecular complexity index is 973. The molecular weight excluding hydrogens is 336 g/mol. The molecule has 5 nitrogen and oxygen atoms in total. The lowest BCUT2D eigenvalue weighted by molar-refractivity contribution is 0.285. The first-order valence-electron chi connectivity index (χ1n) is 8.20. The minimum absolute atomic E-state index is 0.0329. The van der Waals surface area contributed by atoms with Crippen molar-refractivity contribution in [1.82, 2.24) is 9.78 Å². The lowest BCUT2D eigenvalue weighted by Gasteiger charge is -2.10. The van der Waals surface area contributed by atoms with Crippen LogP contribution in [0.1, 0.15) is 21.7 Å². The number of hydrogen-bond acceptors (Lipinski definition) is 5. The van der Waals surface area contributed by atoms with E-state index in [9.17, 15) is 9.90 Å². The monoisotopic (exact) mass is 354 g/mol. The van der Waals surface area contributed by atoms with Gasteiger partial charge in [-0.15, -0.1) is 11.3 Å². The summed E-state index contributed by atoms with van der Waals surface area (Å²) in [7, 11) is 1.61. The second-order valence-corrected chi connectivity index (χ2v) is 7.25. The molecule has 1 aromatic carbocycles. The molecule has 1 N–H and O–H groups in total. The number of rotatable bonds is 3. The molecule has 1 aliphatic carbocycles. The summed E-state index contributed by atoms with van der Waals surface area (Å²) in [6, 6.07) is 11.0. The normalized spacial score (nSPS) is 13.0. The van der Waals surface area contributed by atoms with Gasteiger partial charge in [-0.1, -0.05) is 0 Å². The third-order valence-corrected chi connectivity index (χ3v) is 5.63. The van der Waals surface area contributed by atoms with Crippen molar-refractivity contribution in [2.45, 2.75) is 25.9 Å². The van der Waals surface area contributed by atoms with Crippen LogP contribution < -0.4 is 10.3 Å². The Kier molecular flexibility index (Phi) is 4.15. The van der Waals surface area contributed by atoms with Crippen LogP contribution in [0.4, 0.5) is 0 Å². The summed E-state index contributed by atoms with van der Waals surface area (Å²) in [5.41, 5.74) is 3.44. The van der Waals surface area contributed by atoms with E-state index in [0.29, 0.717) is 5.69 Å². The van der Waals surface area contributed by atoms with E-state index >= 15 is 0 Å². The molecule has 25 heavy (non-hydrogen) atoms. The SMILES string of the molecule is COc1ccc(-n2nc3c(cc2=O)CCCc2sc(CO)cc2-3)cc1. The van der Waals surface area contributed by atoms with Crippen molar-refractivity contribution in [3.63, 3.8) is 0 Å². The first kappa shape index (κ1) is 16.1. The number of thiophene rings is 1. The number of ether oxygens (including phenoxy) is 1. The van der Waals surface area contributed by atoms with Crippen molar-refractivity contribution < 1.29 is 9.84 Å². The molecule has 0 fully saturated rings. The highest BCUT2D eigenvalue weighted by atomic mass is 32.1. The van der Waals surface area contributed by atoms with E-state index in [1.807, 2.05) is 30.3 Å². The molecular formula is C19H18N2O3S. The lowest BCUT2D eigenvalue weighted by Crippen LogP contribution is -2.22. The van der Waals surface area contributed by atoms with Gasteiger partial charge < -0.3 is 9.84 Å². The van der Waals surface area contributed by atoms with Gasteiger partial charge in [-0.3, -0.25) is 4.79 Å². The van der Waals surface area contributed by atoms with E-state index in [-0.39, 0.29) is 12.2 Å². The fraction of sp³-hybridized carbons (Fsp3) is 0.263. The standard InChI is InChI=1S/C19H18N2O3S/c1-24-14-7-5-13(6-8-14)21-18(23)9-12-3-2-4-17-16(19(12)20-21)10-15(11-22)25-17/h5-10,22H,2-4,11H2,1H3. The summed E-state index contributed by atoms with van der Waals surface area (Å²) in [4.78, 5) is 14.7. The number of aliphatic hydroxyl groups is 1. The highest BCUT2D eigenvalue weighted by Gasteiger charge is 2.20. The van der Waals surface area contributed by atoms with Crippen molar-refractivity contribution in [1.29, 1.82) is 0 Å². The second-order valence-electron chi connectivity index (χ2n) is 6.03. The first-order chi connectivity index (χ1) is 12.2. The second kappa shape index (κ2) is 6.46. The Morgan fingerprint density at radius 1 is 1.24 bits per heavy atom. The maximum absolute atomic E-state index is 12.6. The first-order valence-corrected chi connectivity index (χ1v) is 9.02. The average Bonchev–Trinajstić information content (AvgIpc) is 2.98. The molecule has 3 aromatic rings. The van der Waals surface area contributed by atoms with Gasteiger partial charge >= 0.3 is 0 Å². The molecule has 0 bridgehead atoms. The molecule has 0 saturated carbocycles. The summed E-state index contributed by atoms with van der Waals surface area (Å²) in [6.07, 6.45) is 2.78. The third kappa shape index (κ3) is 2.88. The molecule has 0 atom stereocenters. The van der Waals surface area contributed by atoms with Gasteiger partial charge in [0.1, 0.15) is 5.75 Å². The number of methoxy groups -OCH3 is 1. The summed E-state index contributed by atoms with van der Waals surface area (Å²) in [6.45, 7) is 0.0329. The largest absolute Gasteiger partial charge is 0.497 e. The molecule has 0 radical (unpaired) electrons. The molecule has 0 spiro atoms. The number of nitrogens with zero attached hydrogens (tertiary/aromatic N) is 2. The molecule has 0 unspecified atom stereocenters. The van der Waals surface area contributed by atoms with Crippen LogP contribution in [0.5, 0.6) is 5.75 Å². The van der Waals surface area contributed by atoms with Gasteiger partial charge in [0.15, 0.2) is 0 Å². The van der Waals surface area contributed by atoms with Gasteiger partial charge in [-0.2, -0.15) is 9.78 Å². The van der Waals surface area contributed by atoms with Gasteiger partial charge in [0.25, 0.3) is 5.56 Å². The predicted molar refractivity (Wildman–Crippen MR) is 97.6 cm³/mol. The summed E-state index contributed by atoms with van der Waals surface area (Å²) < 4.78 is 6.61. The molecule has 1 aliphatic rings. The van der Waals surface area contributed by atoms with E-state index < -0.39 is 0 Å². The summed E-state index contributed by atoms with van der Waals surface area (Å²) >= 11 is 1.63. The quantitative estimate of drug-likeness (QED) is 0.785. The van der Waals surface area contributed by atoms with Crippen molar-refractivity contribution in [3.05, 3.63) is 62.1 Å². The smallest absolute Gasteiger partial charge is 0.271 e. The van der Waals surface area contributed by atoms with Crippen LogP contribution in [0.2, 0.25) is 0 Å². The van der Waals surface area contributed by atoms with E-state index in [4.69, 9.17) is 4.74 Å². The van der Waals surface area contributed by atoms with Gasteiger partial charge in [0.05, 0.1) is 25.1 Å². The maximum Gasteiger partial charge on any atom is 0.271 e. The molecule has 4 rings (SSSR count). The Balaban J connectivity index is 1.88. The number of fused-ring (bicyclic) bond motifs is 3. The van der Waals surface area contributed by atoms with Crippen LogP contribution in [-0.4, -0.2) is 22.0 Å². The number of aryl methyl sites for hydroxylation is 2. The minimum Gasteiger partial charge on any atom is -0.497 e. The van der Waals surface area contributed by atoms with E-state index in [2.05, 4.69) is 5.10 Å². The highest BCUT2D eigenvalue weighted by molar-refractivity contribution is 7.12. The van der Waals surface area contributed by atoms with Gasteiger partial charge in [-0.25, -0.2) is 0 Å². The Morgan fingerprint density at radius 2 is 2.04 bits per heavy atom. The lowest BCUT2D eigenvalue weighted by atomic mass is 10.1. The fourth-order valence-corrected chi connectivity index (χ4v) is 4.28. The predicted octanol–water partition coefficient (Wildman–Crippen LogP) is 2.95. The van der Waals surface area contributed by atoms with Crippen molar-refractivity contribution >= 4 is 11.3 Å². The van der Waals surface area contributed by atoms with Crippen LogP contribution >= 0.6 is 11.3 Å². The average molecular weight is 354 g/mol. The van der Waals surface area contributed by atoms with E-state index in [1.165, 1.54) is 9.56 Å². The number of hydrogen-bond donors (Lipinski definition) is 1. The zero-order valence-corrected chi connectivity index (χ0v) is 14.7. The van der Waals surface area contributed by atoms with Gasteiger partial charge in [-0.05, 0) is 55.2 Å². The number of aromatic nitrogens is 2. The zero-order valence-electron chi connectivity index (χ0n) is 13.9. The molecule has 0 aliphatic heterocycles. The number of aliphatic hydroxyl groups excluding tert-OH is 1. The molecule has 0 saturated heterocycles. The zero-order chi connectivity index (χ0) is 17.4. The molecule has 2 aromatic heterocycles. The van der Waals surface area contributed by atoms with Crippen LogP contribution in [-0.2, 0) is 19.4 Å². The Morgan fingerprint density at radius 3 is 2.76 bits per heavy atom. The van der Waals surface area contributed by atoms with Crippen molar-refractivity contribution in [2.24, 2.45) is 0 Å².